The third-order valence-electron chi connectivity index (χ3n) is 5.50. The Morgan fingerprint density at radius 2 is 1.89 bits per heavy atom. The molecule has 1 saturated heterocycles. The summed E-state index contributed by atoms with van der Waals surface area (Å²) >= 11 is 0. The lowest BCUT2D eigenvalue weighted by Crippen LogP contribution is -2.39. The van der Waals surface area contributed by atoms with Crippen LogP contribution >= 0.6 is 0 Å². The van der Waals surface area contributed by atoms with Crippen molar-refractivity contribution in [1.29, 1.82) is 0 Å². The van der Waals surface area contributed by atoms with E-state index in [4.69, 9.17) is 9.47 Å². The van der Waals surface area contributed by atoms with Crippen molar-refractivity contribution in [2.24, 2.45) is 7.05 Å². The lowest BCUT2D eigenvalue weighted by Gasteiger charge is -2.31. The average Bonchev–Trinajstić information content (AvgIpc) is 3.23. The van der Waals surface area contributed by atoms with Gasteiger partial charge < -0.3 is 19.4 Å². The van der Waals surface area contributed by atoms with Gasteiger partial charge in [0.2, 0.25) is 6.79 Å². The number of carbonyl (C=O) groups excluding carboxylic acids is 1. The molecule has 6 heteroatoms. The molecule has 0 saturated carbocycles. The van der Waals surface area contributed by atoms with Gasteiger partial charge in [-0.3, -0.25) is 9.69 Å². The van der Waals surface area contributed by atoms with Gasteiger partial charge in [-0.2, -0.15) is 0 Å². The minimum atomic E-state index is -0.0812. The van der Waals surface area contributed by atoms with Crippen LogP contribution in [0, 0.1) is 0 Å². The van der Waals surface area contributed by atoms with Crippen molar-refractivity contribution in [3.63, 3.8) is 0 Å². The standard InChI is InChI=1S/C21H27N3O3/c1-23-10-6-7-17(23)18(24-11-4-2-3-5-12-24)14-22-21(25)16-8-9-19-20(13-16)27-15-26-19/h6-10,13,18H,2-5,11-12,14-15H2,1H3,(H,22,25). The molecule has 3 heterocycles. The van der Waals surface area contributed by atoms with E-state index in [2.05, 4.69) is 40.2 Å². The predicted molar refractivity (Wildman–Crippen MR) is 103 cm³/mol. The molecule has 1 N–H and O–H groups in total. The summed E-state index contributed by atoms with van der Waals surface area (Å²) < 4.78 is 12.9. The normalized spacial score (nSPS) is 18.1. The number of rotatable bonds is 5. The molecular weight excluding hydrogens is 342 g/mol. The van der Waals surface area contributed by atoms with Crippen LogP contribution in [0.25, 0.3) is 0 Å². The van der Waals surface area contributed by atoms with Crippen LogP contribution in [-0.2, 0) is 7.05 Å². The van der Waals surface area contributed by atoms with Crippen molar-refractivity contribution >= 4 is 5.91 Å². The fraction of sp³-hybridized carbons (Fsp3) is 0.476. The molecule has 27 heavy (non-hydrogen) atoms. The van der Waals surface area contributed by atoms with Crippen LogP contribution in [0.1, 0.15) is 47.8 Å². The Kier molecular flexibility index (Phi) is 5.34. The first kappa shape index (κ1) is 17.9. The summed E-state index contributed by atoms with van der Waals surface area (Å²) in [5, 5.41) is 3.13. The van der Waals surface area contributed by atoms with Gasteiger partial charge in [0, 0.05) is 31.0 Å². The van der Waals surface area contributed by atoms with Crippen molar-refractivity contribution in [3.05, 3.63) is 47.8 Å². The topological polar surface area (TPSA) is 55.7 Å². The summed E-state index contributed by atoms with van der Waals surface area (Å²) in [6.45, 7) is 2.96. The molecule has 0 aliphatic carbocycles. The summed E-state index contributed by atoms with van der Waals surface area (Å²) in [5.41, 5.74) is 1.84. The number of ether oxygens (including phenoxy) is 2. The number of likely N-dealkylation sites (tertiary alicyclic amines) is 1. The van der Waals surface area contributed by atoms with Gasteiger partial charge >= 0.3 is 0 Å². The van der Waals surface area contributed by atoms with Crippen LogP contribution in [0.15, 0.2) is 36.5 Å². The van der Waals surface area contributed by atoms with Crippen molar-refractivity contribution in [2.45, 2.75) is 31.7 Å². The molecule has 4 rings (SSSR count). The third-order valence-corrected chi connectivity index (χ3v) is 5.50. The van der Waals surface area contributed by atoms with Crippen molar-refractivity contribution < 1.29 is 14.3 Å². The third kappa shape index (κ3) is 3.95. The van der Waals surface area contributed by atoms with Gasteiger partial charge in [0.05, 0.1) is 6.04 Å². The highest BCUT2D eigenvalue weighted by Gasteiger charge is 2.24. The Labute approximate surface area is 160 Å². The SMILES string of the molecule is Cn1cccc1C(CNC(=O)c1ccc2c(c1)OCO2)N1CCCCCC1. The minimum absolute atomic E-state index is 0.0812. The molecule has 2 aliphatic rings. The summed E-state index contributed by atoms with van der Waals surface area (Å²) in [6.07, 6.45) is 7.09. The smallest absolute Gasteiger partial charge is 0.251 e. The van der Waals surface area contributed by atoms with Crippen molar-refractivity contribution in [2.75, 3.05) is 26.4 Å². The van der Waals surface area contributed by atoms with E-state index in [-0.39, 0.29) is 18.7 Å². The Bertz CT molecular complexity index is 794. The number of hydrogen-bond donors (Lipinski definition) is 1. The first-order chi connectivity index (χ1) is 13.2. The largest absolute Gasteiger partial charge is 0.454 e. The fourth-order valence-electron chi connectivity index (χ4n) is 3.98. The monoisotopic (exact) mass is 369 g/mol. The number of amides is 1. The van der Waals surface area contributed by atoms with E-state index in [0.29, 0.717) is 23.6 Å². The molecule has 2 aliphatic heterocycles. The maximum absolute atomic E-state index is 12.7. The molecular formula is C21H27N3O3. The second-order valence-electron chi connectivity index (χ2n) is 7.29. The fourth-order valence-corrected chi connectivity index (χ4v) is 3.98. The molecule has 2 aromatic rings. The molecule has 1 aromatic heterocycles. The van der Waals surface area contributed by atoms with E-state index in [9.17, 15) is 4.79 Å². The Morgan fingerprint density at radius 3 is 2.63 bits per heavy atom. The van der Waals surface area contributed by atoms with E-state index >= 15 is 0 Å². The van der Waals surface area contributed by atoms with Gasteiger partial charge in [-0.15, -0.1) is 0 Å². The molecule has 1 aromatic carbocycles. The van der Waals surface area contributed by atoms with E-state index in [1.165, 1.54) is 31.4 Å². The van der Waals surface area contributed by atoms with Gasteiger partial charge in [0.25, 0.3) is 5.91 Å². The number of nitrogens with zero attached hydrogens (tertiary/aromatic N) is 2. The lowest BCUT2D eigenvalue weighted by molar-refractivity contribution is 0.0931. The van der Waals surface area contributed by atoms with Crippen LogP contribution in [0.5, 0.6) is 11.5 Å². The number of carbonyl (C=O) groups is 1. The number of hydrogen-bond acceptors (Lipinski definition) is 4. The lowest BCUT2D eigenvalue weighted by atomic mass is 10.1. The summed E-state index contributed by atoms with van der Waals surface area (Å²) in [6, 6.07) is 9.73. The molecule has 1 fully saturated rings. The molecule has 0 bridgehead atoms. The molecule has 1 amide bonds. The van der Waals surface area contributed by atoms with Gasteiger partial charge in [-0.25, -0.2) is 0 Å². The zero-order valence-corrected chi connectivity index (χ0v) is 15.8. The van der Waals surface area contributed by atoms with Crippen LogP contribution in [0.2, 0.25) is 0 Å². The van der Waals surface area contributed by atoms with E-state index in [0.717, 1.165) is 13.1 Å². The van der Waals surface area contributed by atoms with Crippen molar-refractivity contribution in [1.82, 2.24) is 14.8 Å². The van der Waals surface area contributed by atoms with Crippen LogP contribution in [0.4, 0.5) is 0 Å². The molecule has 1 unspecified atom stereocenters. The number of aryl methyl sites for hydroxylation is 1. The maximum Gasteiger partial charge on any atom is 0.251 e. The van der Waals surface area contributed by atoms with E-state index < -0.39 is 0 Å². The number of aromatic nitrogens is 1. The van der Waals surface area contributed by atoms with E-state index in [1.807, 2.05) is 0 Å². The Balaban J connectivity index is 1.48. The Hall–Kier alpha value is -2.47. The average molecular weight is 369 g/mol. The Morgan fingerprint density at radius 1 is 1.11 bits per heavy atom. The first-order valence-electron chi connectivity index (χ1n) is 9.75. The predicted octanol–water partition coefficient (Wildman–Crippen LogP) is 3.10. The number of fused-ring (bicyclic) bond motifs is 1. The zero-order chi connectivity index (χ0) is 18.6. The van der Waals surface area contributed by atoms with Crippen LogP contribution < -0.4 is 14.8 Å². The summed E-state index contributed by atoms with van der Waals surface area (Å²) in [7, 11) is 2.07. The van der Waals surface area contributed by atoms with E-state index in [1.54, 1.807) is 18.2 Å². The highest BCUT2D eigenvalue weighted by Crippen LogP contribution is 2.32. The number of benzene rings is 1. The quantitative estimate of drug-likeness (QED) is 0.880. The number of nitrogens with one attached hydrogen (secondary N) is 1. The van der Waals surface area contributed by atoms with Gasteiger partial charge in [0.15, 0.2) is 11.5 Å². The molecule has 1 atom stereocenters. The highest BCUT2D eigenvalue weighted by atomic mass is 16.7. The van der Waals surface area contributed by atoms with Crippen molar-refractivity contribution in [3.8, 4) is 11.5 Å². The maximum atomic E-state index is 12.7. The molecule has 144 valence electrons. The summed E-state index contributed by atoms with van der Waals surface area (Å²) in [5.74, 6) is 1.24. The van der Waals surface area contributed by atoms with Gasteiger partial charge in [-0.1, -0.05) is 12.8 Å². The molecule has 0 spiro atoms. The second-order valence-corrected chi connectivity index (χ2v) is 7.29. The molecule has 6 nitrogen and oxygen atoms in total. The van der Waals surface area contributed by atoms with Gasteiger partial charge in [-0.05, 0) is 56.3 Å². The van der Waals surface area contributed by atoms with Crippen LogP contribution in [-0.4, -0.2) is 41.8 Å². The first-order valence-corrected chi connectivity index (χ1v) is 9.75. The molecule has 0 radical (unpaired) electrons. The second kappa shape index (κ2) is 8.05. The van der Waals surface area contributed by atoms with Crippen LogP contribution in [0.3, 0.4) is 0 Å². The summed E-state index contributed by atoms with van der Waals surface area (Å²) in [4.78, 5) is 15.2. The highest BCUT2D eigenvalue weighted by molar-refractivity contribution is 5.94. The zero-order valence-electron chi connectivity index (χ0n) is 15.8. The van der Waals surface area contributed by atoms with Gasteiger partial charge in [0.1, 0.15) is 0 Å². The minimum Gasteiger partial charge on any atom is -0.454 e.